The van der Waals surface area contributed by atoms with Crippen molar-refractivity contribution < 1.29 is 10.2 Å². The molecule has 2 nitrogen and oxygen atoms in total. The van der Waals surface area contributed by atoms with Crippen LogP contribution < -0.4 is 0 Å². The van der Waals surface area contributed by atoms with Gasteiger partial charge in [-0.15, -0.1) is 11.8 Å². The number of aliphatic hydroxyl groups excluding tert-OH is 2. The molecule has 0 amide bonds. The van der Waals surface area contributed by atoms with E-state index in [0.717, 1.165) is 10.5 Å². The van der Waals surface area contributed by atoms with Crippen LogP contribution in [0.2, 0.25) is 5.02 Å². The Hall–Kier alpha value is -0.220. The van der Waals surface area contributed by atoms with Gasteiger partial charge >= 0.3 is 0 Å². The van der Waals surface area contributed by atoms with Crippen LogP contribution in [0.25, 0.3) is 0 Å². The Kier molecular flexibility index (Phi) is 4.93. The molecule has 0 radical (unpaired) electrons. The Bertz CT molecular complexity index is 328. The van der Waals surface area contributed by atoms with E-state index in [-0.39, 0.29) is 11.9 Å². The molecule has 0 aliphatic rings. The molecule has 1 rings (SSSR count). The topological polar surface area (TPSA) is 40.5 Å². The average Bonchev–Trinajstić information content (AvgIpc) is 2.17. The van der Waals surface area contributed by atoms with Crippen molar-refractivity contribution in [2.24, 2.45) is 0 Å². The molecule has 1 aromatic carbocycles. The van der Waals surface area contributed by atoms with Gasteiger partial charge in [0.05, 0.1) is 12.7 Å². The second-order valence-electron chi connectivity index (χ2n) is 3.47. The fourth-order valence-electron chi connectivity index (χ4n) is 1.19. The number of hydrogen-bond donors (Lipinski definition) is 2. The summed E-state index contributed by atoms with van der Waals surface area (Å²) in [6.45, 7) is 3.77. The van der Waals surface area contributed by atoms with Crippen molar-refractivity contribution in [1.29, 1.82) is 0 Å². The molecule has 4 heteroatoms. The van der Waals surface area contributed by atoms with E-state index in [1.165, 1.54) is 0 Å². The molecule has 1 aromatic rings. The molecule has 0 saturated carbocycles. The lowest BCUT2D eigenvalue weighted by molar-refractivity contribution is 0.199. The molecule has 0 spiro atoms. The van der Waals surface area contributed by atoms with Crippen molar-refractivity contribution in [3.05, 3.63) is 28.8 Å². The zero-order chi connectivity index (χ0) is 11.4. The Balaban J connectivity index is 2.82. The molecule has 2 atom stereocenters. The molecule has 15 heavy (non-hydrogen) atoms. The lowest BCUT2D eigenvalue weighted by Crippen LogP contribution is -2.01. The zero-order valence-electron chi connectivity index (χ0n) is 8.77. The summed E-state index contributed by atoms with van der Waals surface area (Å²) in [7, 11) is 0. The zero-order valence-corrected chi connectivity index (χ0v) is 10.3. The molecule has 0 fully saturated rings. The maximum Gasteiger partial charge on any atom is 0.0776 e. The third-order valence-electron chi connectivity index (χ3n) is 2.02. The molecule has 0 bridgehead atoms. The van der Waals surface area contributed by atoms with Gasteiger partial charge in [-0.1, -0.05) is 24.6 Å². The van der Waals surface area contributed by atoms with Crippen molar-refractivity contribution in [3.63, 3.8) is 0 Å². The van der Waals surface area contributed by atoms with E-state index in [2.05, 4.69) is 0 Å². The number of rotatable bonds is 4. The predicted octanol–water partition coefficient (Wildman–Crippen LogP) is 2.87. The number of thioether (sulfide) groups is 1. The molecule has 0 aliphatic carbocycles. The van der Waals surface area contributed by atoms with Gasteiger partial charge in [0.1, 0.15) is 0 Å². The second kappa shape index (κ2) is 5.75. The van der Waals surface area contributed by atoms with Crippen molar-refractivity contribution in [3.8, 4) is 0 Å². The minimum Gasteiger partial charge on any atom is -0.395 e. The fraction of sp³-hybridized carbons (Fsp3) is 0.455. The van der Waals surface area contributed by atoms with E-state index in [0.29, 0.717) is 5.02 Å². The van der Waals surface area contributed by atoms with Gasteiger partial charge in [-0.3, -0.25) is 0 Å². The van der Waals surface area contributed by atoms with Crippen LogP contribution in [0.3, 0.4) is 0 Å². The van der Waals surface area contributed by atoms with Crippen LogP contribution in [0.5, 0.6) is 0 Å². The van der Waals surface area contributed by atoms with Crippen LogP contribution in [0.1, 0.15) is 25.5 Å². The third-order valence-corrected chi connectivity index (χ3v) is 3.42. The summed E-state index contributed by atoms with van der Waals surface area (Å²) in [4.78, 5) is 1.01. The monoisotopic (exact) mass is 246 g/mol. The summed E-state index contributed by atoms with van der Waals surface area (Å²) in [6, 6.07) is 5.55. The van der Waals surface area contributed by atoms with Gasteiger partial charge in [-0.2, -0.15) is 0 Å². The van der Waals surface area contributed by atoms with Gasteiger partial charge in [0.25, 0.3) is 0 Å². The standard InChI is InChI=1S/C11H15ClO2S/c1-7(6-13)15-9-3-4-10(8(2)14)11(12)5-9/h3-5,7-8,13-14H,6H2,1-2H3. The van der Waals surface area contributed by atoms with Gasteiger partial charge < -0.3 is 10.2 Å². The number of halogens is 1. The molecule has 2 unspecified atom stereocenters. The van der Waals surface area contributed by atoms with Crippen LogP contribution in [0.4, 0.5) is 0 Å². The van der Waals surface area contributed by atoms with Gasteiger partial charge in [0, 0.05) is 15.2 Å². The van der Waals surface area contributed by atoms with Crippen LogP contribution in [-0.4, -0.2) is 22.1 Å². The van der Waals surface area contributed by atoms with Crippen LogP contribution >= 0.6 is 23.4 Å². The summed E-state index contributed by atoms with van der Waals surface area (Å²) in [5.41, 5.74) is 0.734. The first-order valence-electron chi connectivity index (χ1n) is 4.79. The van der Waals surface area contributed by atoms with E-state index in [4.69, 9.17) is 16.7 Å². The second-order valence-corrected chi connectivity index (χ2v) is 5.39. The molecule has 2 N–H and O–H groups in total. The van der Waals surface area contributed by atoms with Gasteiger partial charge in [0.2, 0.25) is 0 Å². The normalized spacial score (nSPS) is 15.0. The molecule has 0 aliphatic heterocycles. The maximum absolute atomic E-state index is 9.39. The summed E-state index contributed by atoms with van der Waals surface area (Å²) in [5, 5.41) is 19.0. The molecular weight excluding hydrogens is 232 g/mol. The minimum atomic E-state index is -0.549. The highest BCUT2D eigenvalue weighted by atomic mass is 35.5. The van der Waals surface area contributed by atoms with E-state index < -0.39 is 6.10 Å². The first kappa shape index (κ1) is 12.8. The molecule has 0 saturated heterocycles. The third kappa shape index (κ3) is 3.68. The van der Waals surface area contributed by atoms with Crippen LogP contribution in [0.15, 0.2) is 23.1 Å². The quantitative estimate of drug-likeness (QED) is 0.803. The predicted molar refractivity (Wildman–Crippen MR) is 64.5 cm³/mol. The largest absolute Gasteiger partial charge is 0.395 e. The minimum absolute atomic E-state index is 0.139. The highest BCUT2D eigenvalue weighted by molar-refractivity contribution is 8.00. The maximum atomic E-state index is 9.39. The number of aliphatic hydroxyl groups is 2. The van der Waals surface area contributed by atoms with Crippen LogP contribution in [0, 0.1) is 0 Å². The van der Waals surface area contributed by atoms with Gasteiger partial charge in [-0.05, 0) is 24.6 Å². The Morgan fingerprint density at radius 1 is 1.40 bits per heavy atom. The highest BCUT2D eigenvalue weighted by Crippen LogP contribution is 2.30. The van der Waals surface area contributed by atoms with E-state index >= 15 is 0 Å². The molecule has 0 aromatic heterocycles. The van der Waals surface area contributed by atoms with Crippen LogP contribution in [-0.2, 0) is 0 Å². The highest BCUT2D eigenvalue weighted by Gasteiger charge is 2.09. The van der Waals surface area contributed by atoms with Gasteiger partial charge in [-0.25, -0.2) is 0 Å². The fourth-order valence-corrected chi connectivity index (χ4v) is 2.46. The van der Waals surface area contributed by atoms with E-state index in [1.807, 2.05) is 25.1 Å². The molecular formula is C11H15ClO2S. The van der Waals surface area contributed by atoms with Crippen molar-refractivity contribution in [1.82, 2.24) is 0 Å². The van der Waals surface area contributed by atoms with Gasteiger partial charge in [0.15, 0.2) is 0 Å². The molecule has 0 heterocycles. The average molecular weight is 247 g/mol. The Morgan fingerprint density at radius 3 is 2.53 bits per heavy atom. The van der Waals surface area contributed by atoms with Crippen molar-refractivity contribution >= 4 is 23.4 Å². The summed E-state index contributed by atoms with van der Waals surface area (Å²) >= 11 is 7.58. The summed E-state index contributed by atoms with van der Waals surface area (Å²) in [6.07, 6.45) is -0.549. The SMILES string of the molecule is CC(CO)Sc1ccc(C(C)O)c(Cl)c1. The van der Waals surface area contributed by atoms with E-state index in [1.54, 1.807) is 18.7 Å². The lowest BCUT2D eigenvalue weighted by atomic mass is 10.1. The first-order chi connectivity index (χ1) is 7.04. The van der Waals surface area contributed by atoms with Crippen molar-refractivity contribution in [2.75, 3.05) is 6.61 Å². The summed E-state index contributed by atoms with van der Waals surface area (Å²) in [5.74, 6) is 0. The number of hydrogen-bond acceptors (Lipinski definition) is 3. The smallest absolute Gasteiger partial charge is 0.0776 e. The Labute approximate surface area is 99.3 Å². The lowest BCUT2D eigenvalue weighted by Gasteiger charge is -2.11. The van der Waals surface area contributed by atoms with Crippen molar-refractivity contribution in [2.45, 2.75) is 30.1 Å². The molecule has 84 valence electrons. The summed E-state index contributed by atoms with van der Waals surface area (Å²) < 4.78 is 0. The first-order valence-corrected chi connectivity index (χ1v) is 6.05. The Morgan fingerprint density at radius 2 is 2.07 bits per heavy atom. The van der Waals surface area contributed by atoms with E-state index in [9.17, 15) is 5.11 Å². The number of benzene rings is 1.